The molecule has 4 rings (SSSR count). The number of benzene rings is 4. The third-order valence-corrected chi connectivity index (χ3v) is 5.60. The highest BCUT2D eigenvalue weighted by Crippen LogP contribution is 2.35. The third kappa shape index (κ3) is 10.7. The van der Waals surface area contributed by atoms with Gasteiger partial charge in [-0.1, -0.05) is 134 Å². The topological polar surface area (TPSA) is 96.2 Å². The lowest BCUT2D eigenvalue weighted by Gasteiger charge is -2.09. The quantitative estimate of drug-likeness (QED) is 0.0860. The van der Waals surface area contributed by atoms with Gasteiger partial charge in [0.25, 0.3) is 0 Å². The number of hydrogen-bond acceptors (Lipinski definition) is 4. The lowest BCUT2D eigenvalue weighted by Crippen LogP contribution is -1.89. The molecule has 0 aromatic heterocycles. The van der Waals surface area contributed by atoms with Crippen LogP contribution in [0.15, 0.2) is 103 Å². The summed E-state index contributed by atoms with van der Waals surface area (Å²) in [5.74, 6) is 0.261. The van der Waals surface area contributed by atoms with Gasteiger partial charge in [0.15, 0.2) is 0 Å². The van der Waals surface area contributed by atoms with Crippen molar-refractivity contribution >= 4 is 44.3 Å². The van der Waals surface area contributed by atoms with Gasteiger partial charge in [-0.3, -0.25) is 0 Å². The Labute approximate surface area is 229 Å². The lowest BCUT2D eigenvalue weighted by molar-refractivity contribution is -0.217. The highest BCUT2D eigenvalue weighted by atomic mass is 31.2. The smallest absolute Gasteiger partial charge is 0.496 e. The fourth-order valence-electron chi connectivity index (χ4n) is 3.51. The average Bonchev–Trinajstić information content (AvgIpc) is 2.95. The van der Waals surface area contributed by atoms with Crippen molar-refractivity contribution in [3.63, 3.8) is 0 Å². The Balaban J connectivity index is 0.000000459. The minimum Gasteiger partial charge on any atom is -0.507 e. The van der Waals surface area contributed by atoms with Crippen LogP contribution in [-0.2, 0) is 14.1 Å². The van der Waals surface area contributed by atoms with Gasteiger partial charge in [-0.2, -0.15) is 0 Å². The van der Waals surface area contributed by atoms with E-state index in [-0.39, 0.29) is 12.4 Å². The molecule has 0 amide bonds. The third-order valence-electron chi connectivity index (χ3n) is 5.30. The molecule has 0 aliphatic heterocycles. The fraction of sp³-hybridized carbons (Fsp3) is 0.0625. The molecule has 0 heterocycles. The largest absolute Gasteiger partial charge is 0.507 e. The van der Waals surface area contributed by atoms with Crippen molar-refractivity contribution in [1.29, 1.82) is 0 Å². The zero-order chi connectivity index (χ0) is 27.9. The van der Waals surface area contributed by atoms with Gasteiger partial charge >= 0.3 is 7.82 Å². The highest BCUT2D eigenvalue weighted by molar-refractivity contribution is 7.46. The minimum atomic E-state index is -4.40. The Hall–Kier alpha value is -4.03. The summed E-state index contributed by atoms with van der Waals surface area (Å²) in [5.41, 5.74) is 6.15. The number of phosphoric acid groups is 1. The first-order valence-electron chi connectivity index (χ1n) is 12.3. The maximum atomic E-state index is 10.7. The summed E-state index contributed by atoms with van der Waals surface area (Å²) in [4.78, 5) is 19.8. The zero-order valence-corrected chi connectivity index (χ0v) is 22.4. The van der Waals surface area contributed by atoms with Crippen LogP contribution in [0.25, 0.3) is 36.5 Å². The summed E-state index contributed by atoms with van der Waals surface area (Å²) in [5, 5.41) is 10.7. The number of aromatic hydroxyl groups is 1. The van der Waals surface area contributed by atoms with Crippen LogP contribution in [0.5, 0.6) is 5.75 Å². The van der Waals surface area contributed by atoms with Crippen molar-refractivity contribution in [2.24, 2.45) is 0 Å². The zero-order valence-electron chi connectivity index (χ0n) is 21.5. The molecule has 0 spiro atoms. The molecule has 4 aromatic carbocycles. The predicted octanol–water partition coefficient (Wildman–Crippen LogP) is 7.95. The van der Waals surface area contributed by atoms with Crippen LogP contribution in [-0.4, -0.2) is 21.5 Å². The Kier molecular flexibility index (Phi) is 11.7. The molecule has 0 saturated carbocycles. The van der Waals surface area contributed by atoms with Crippen molar-refractivity contribution in [1.82, 2.24) is 0 Å². The Morgan fingerprint density at radius 1 is 0.615 bits per heavy atom. The normalized spacial score (nSPS) is 11.7. The van der Waals surface area contributed by atoms with Gasteiger partial charge in [0.2, 0.25) is 0 Å². The van der Waals surface area contributed by atoms with E-state index in [1.807, 2.05) is 84.9 Å². The molecule has 0 saturated heterocycles. The number of phenols is 1. The Morgan fingerprint density at radius 3 is 1.46 bits per heavy atom. The summed E-state index contributed by atoms with van der Waals surface area (Å²) in [6.45, 7) is 1.67. The Bertz CT molecular complexity index is 1430. The fourth-order valence-corrected chi connectivity index (χ4v) is 3.75. The summed E-state index contributed by atoms with van der Waals surface area (Å²) < 4.78 is 13.3. The predicted molar refractivity (Wildman–Crippen MR) is 159 cm³/mol. The Morgan fingerprint density at radius 2 is 1.05 bits per heavy atom. The van der Waals surface area contributed by atoms with E-state index in [0.717, 1.165) is 33.4 Å². The van der Waals surface area contributed by atoms with Crippen molar-refractivity contribution in [2.45, 2.75) is 6.92 Å². The van der Waals surface area contributed by atoms with Gasteiger partial charge in [-0.05, 0) is 40.8 Å². The monoisotopic (exact) mass is 542 g/mol. The van der Waals surface area contributed by atoms with Crippen LogP contribution in [0.1, 0.15) is 40.3 Å². The molecular formula is C32H31O6P. The van der Waals surface area contributed by atoms with Crippen LogP contribution >= 0.6 is 7.82 Å². The molecule has 3 N–H and O–H groups in total. The lowest BCUT2D eigenvalue weighted by atomic mass is 9.96. The van der Waals surface area contributed by atoms with Gasteiger partial charge in [0.05, 0.1) is 6.61 Å². The standard InChI is InChI=1S/C30H24O.C2H7O5P/c31-30-23-20-27(19-16-24-10-4-1-5-11-24)28(21-17-25-12-6-2-7-13-25)29(30)22-18-26-14-8-3-9-15-26;1-2-6-7-8(3,4)5/h1-23,31H;2H2,1H3,(H2,3,4,5)/b19-16+,21-17+,22-18+;. The van der Waals surface area contributed by atoms with Gasteiger partial charge < -0.3 is 14.9 Å². The second-order valence-corrected chi connectivity index (χ2v) is 9.34. The summed E-state index contributed by atoms with van der Waals surface area (Å²) in [6.07, 6.45) is 12.4. The maximum Gasteiger partial charge on any atom is 0.496 e. The average molecular weight is 543 g/mol. The number of hydrogen-bond donors (Lipinski definition) is 3. The van der Waals surface area contributed by atoms with Crippen molar-refractivity contribution < 1.29 is 29.0 Å². The van der Waals surface area contributed by atoms with Gasteiger partial charge in [-0.15, -0.1) is 4.67 Å². The van der Waals surface area contributed by atoms with Gasteiger partial charge in [-0.25, -0.2) is 9.45 Å². The van der Waals surface area contributed by atoms with Crippen LogP contribution < -0.4 is 0 Å². The summed E-state index contributed by atoms with van der Waals surface area (Å²) >= 11 is 0. The number of phenolic OH excluding ortho intramolecular Hbond substituents is 1. The maximum absolute atomic E-state index is 10.7. The number of rotatable bonds is 9. The molecule has 0 aliphatic rings. The van der Waals surface area contributed by atoms with Gasteiger partial charge in [0, 0.05) is 5.56 Å². The molecule has 39 heavy (non-hydrogen) atoms. The molecule has 200 valence electrons. The SMILES string of the molecule is CCOOP(=O)(O)O.Oc1ccc(/C=C/c2ccccc2)c(/C=C/c2ccccc2)c1/C=C/c1ccccc1. The van der Waals surface area contributed by atoms with Gasteiger partial charge in [0.1, 0.15) is 5.75 Å². The van der Waals surface area contributed by atoms with Crippen LogP contribution in [0.3, 0.4) is 0 Å². The van der Waals surface area contributed by atoms with Crippen LogP contribution in [0, 0.1) is 0 Å². The molecule has 6 nitrogen and oxygen atoms in total. The molecule has 0 bridgehead atoms. The van der Waals surface area contributed by atoms with E-state index < -0.39 is 7.82 Å². The van der Waals surface area contributed by atoms with E-state index in [4.69, 9.17) is 9.79 Å². The van der Waals surface area contributed by atoms with E-state index in [9.17, 15) is 9.67 Å². The molecule has 0 aliphatic carbocycles. The van der Waals surface area contributed by atoms with Crippen LogP contribution in [0.4, 0.5) is 0 Å². The van der Waals surface area contributed by atoms with E-state index in [1.54, 1.807) is 13.0 Å². The van der Waals surface area contributed by atoms with E-state index >= 15 is 0 Å². The molecular weight excluding hydrogens is 511 g/mol. The first-order valence-corrected chi connectivity index (χ1v) is 13.8. The van der Waals surface area contributed by atoms with E-state index in [1.165, 1.54) is 0 Å². The second kappa shape index (κ2) is 15.4. The first-order chi connectivity index (χ1) is 18.9. The molecule has 7 heteroatoms. The second-order valence-electron chi connectivity index (χ2n) is 8.20. The molecule has 4 aromatic rings. The van der Waals surface area contributed by atoms with Crippen molar-refractivity contribution in [2.75, 3.05) is 6.61 Å². The molecule has 0 fully saturated rings. The molecule has 0 unspecified atom stereocenters. The van der Waals surface area contributed by atoms with Crippen molar-refractivity contribution in [3.05, 3.63) is 137 Å². The van der Waals surface area contributed by atoms with E-state index in [2.05, 4.69) is 58.1 Å². The molecule has 0 atom stereocenters. The minimum absolute atomic E-state index is 0.116. The van der Waals surface area contributed by atoms with E-state index in [0.29, 0.717) is 0 Å². The molecule has 0 radical (unpaired) electrons. The summed E-state index contributed by atoms with van der Waals surface area (Å²) in [7, 11) is -4.40. The highest BCUT2D eigenvalue weighted by Gasteiger charge is 2.13. The van der Waals surface area contributed by atoms with Crippen molar-refractivity contribution in [3.8, 4) is 5.75 Å². The first kappa shape index (κ1) is 29.5. The summed E-state index contributed by atoms with van der Waals surface area (Å²) in [6, 6.07) is 34.2. The van der Waals surface area contributed by atoms with Crippen LogP contribution in [0.2, 0.25) is 0 Å².